The van der Waals surface area contributed by atoms with Crippen LogP contribution < -0.4 is 5.73 Å². The van der Waals surface area contributed by atoms with Crippen molar-refractivity contribution in [2.45, 2.75) is 32.7 Å². The van der Waals surface area contributed by atoms with E-state index in [9.17, 15) is 0 Å². The Morgan fingerprint density at radius 2 is 1.81 bits per heavy atom. The number of rotatable bonds is 5. The smallest absolute Gasteiger partial charge is 0.0241 e. The van der Waals surface area contributed by atoms with Gasteiger partial charge in [0.1, 0.15) is 0 Å². The van der Waals surface area contributed by atoms with E-state index in [1.807, 2.05) is 0 Å². The van der Waals surface area contributed by atoms with Crippen LogP contribution in [0.15, 0.2) is 0 Å². The summed E-state index contributed by atoms with van der Waals surface area (Å²) in [5, 5.41) is 0. The number of hydrogen-bond donors (Lipinski definition) is 1. The molecule has 96 valence electrons. The molecule has 1 fully saturated rings. The van der Waals surface area contributed by atoms with Crippen molar-refractivity contribution in [1.82, 2.24) is 9.80 Å². The molecule has 1 heterocycles. The summed E-state index contributed by atoms with van der Waals surface area (Å²) >= 11 is 0. The van der Waals surface area contributed by atoms with Crippen molar-refractivity contribution < 1.29 is 0 Å². The second kappa shape index (κ2) is 6.58. The zero-order chi connectivity index (χ0) is 12.1. The average molecular weight is 227 g/mol. The molecule has 0 amide bonds. The maximum Gasteiger partial charge on any atom is 0.0241 e. The van der Waals surface area contributed by atoms with Gasteiger partial charge in [0.2, 0.25) is 0 Å². The van der Waals surface area contributed by atoms with Crippen LogP contribution in [0.1, 0.15) is 26.7 Å². The van der Waals surface area contributed by atoms with Crippen molar-refractivity contribution in [3.05, 3.63) is 0 Å². The molecule has 1 saturated heterocycles. The van der Waals surface area contributed by atoms with E-state index in [1.165, 1.54) is 32.5 Å². The number of nitrogens with two attached hydrogens (primary N) is 1. The Kier molecular flexibility index (Phi) is 5.73. The molecule has 1 unspecified atom stereocenters. The molecule has 0 saturated carbocycles. The van der Waals surface area contributed by atoms with Gasteiger partial charge in [-0.05, 0) is 51.9 Å². The fourth-order valence-electron chi connectivity index (χ4n) is 2.83. The minimum Gasteiger partial charge on any atom is -0.329 e. The lowest BCUT2D eigenvalue weighted by molar-refractivity contribution is 0.0993. The molecule has 1 atom stereocenters. The topological polar surface area (TPSA) is 32.5 Å². The highest BCUT2D eigenvalue weighted by atomic mass is 15.2. The average Bonchev–Trinajstić information content (AvgIpc) is 2.20. The summed E-state index contributed by atoms with van der Waals surface area (Å²) in [5.41, 5.74) is 5.87. The summed E-state index contributed by atoms with van der Waals surface area (Å²) in [6, 6.07) is 0.584. The van der Waals surface area contributed by atoms with E-state index < -0.39 is 0 Å². The molecular weight excluding hydrogens is 198 g/mol. The zero-order valence-electron chi connectivity index (χ0n) is 11.4. The molecule has 0 aliphatic carbocycles. The number of piperidine rings is 1. The summed E-state index contributed by atoms with van der Waals surface area (Å²) in [5.74, 6) is 1.56. The monoisotopic (exact) mass is 227 g/mol. The number of likely N-dealkylation sites (tertiary alicyclic amines) is 1. The van der Waals surface area contributed by atoms with Gasteiger partial charge < -0.3 is 10.6 Å². The predicted octanol–water partition coefficient (Wildman–Crippen LogP) is 1.24. The predicted molar refractivity (Wildman–Crippen MR) is 70.5 cm³/mol. The zero-order valence-corrected chi connectivity index (χ0v) is 11.4. The summed E-state index contributed by atoms with van der Waals surface area (Å²) in [4.78, 5) is 4.90. The second-order valence-corrected chi connectivity index (χ2v) is 5.79. The van der Waals surface area contributed by atoms with E-state index in [4.69, 9.17) is 5.73 Å². The molecule has 1 aliphatic heterocycles. The summed E-state index contributed by atoms with van der Waals surface area (Å²) in [7, 11) is 4.34. The highest BCUT2D eigenvalue weighted by Crippen LogP contribution is 2.21. The maximum atomic E-state index is 5.87. The Morgan fingerprint density at radius 3 is 2.19 bits per heavy atom. The van der Waals surface area contributed by atoms with Gasteiger partial charge in [0, 0.05) is 19.1 Å². The number of nitrogens with zero attached hydrogens (tertiary/aromatic N) is 2. The fraction of sp³-hybridized carbons (Fsp3) is 1.00. The third kappa shape index (κ3) is 4.04. The van der Waals surface area contributed by atoms with Gasteiger partial charge >= 0.3 is 0 Å². The third-order valence-corrected chi connectivity index (χ3v) is 3.75. The minimum absolute atomic E-state index is 0.584. The van der Waals surface area contributed by atoms with Crippen molar-refractivity contribution in [1.29, 1.82) is 0 Å². The van der Waals surface area contributed by atoms with Crippen molar-refractivity contribution in [3.63, 3.8) is 0 Å². The summed E-state index contributed by atoms with van der Waals surface area (Å²) < 4.78 is 0. The van der Waals surface area contributed by atoms with Gasteiger partial charge in [-0.1, -0.05) is 13.8 Å². The lowest BCUT2D eigenvalue weighted by Crippen LogP contribution is -2.48. The second-order valence-electron chi connectivity index (χ2n) is 5.79. The molecule has 0 aromatic rings. The lowest BCUT2D eigenvalue weighted by atomic mass is 9.93. The van der Waals surface area contributed by atoms with Crippen LogP contribution in [-0.2, 0) is 0 Å². The first-order chi connectivity index (χ1) is 7.54. The summed E-state index contributed by atoms with van der Waals surface area (Å²) in [6.45, 7) is 9.07. The normalized spacial score (nSPS) is 21.9. The van der Waals surface area contributed by atoms with Crippen LogP contribution in [0.3, 0.4) is 0 Å². The van der Waals surface area contributed by atoms with Gasteiger partial charge in [0.15, 0.2) is 0 Å². The molecule has 2 N–H and O–H groups in total. The molecule has 0 spiro atoms. The van der Waals surface area contributed by atoms with E-state index in [2.05, 4.69) is 37.7 Å². The Bertz CT molecular complexity index is 184. The van der Waals surface area contributed by atoms with Gasteiger partial charge in [0.25, 0.3) is 0 Å². The maximum absolute atomic E-state index is 5.87. The molecular formula is C13H29N3. The molecule has 16 heavy (non-hydrogen) atoms. The Balaban J connectivity index is 2.36. The van der Waals surface area contributed by atoms with E-state index in [-0.39, 0.29) is 0 Å². The van der Waals surface area contributed by atoms with Gasteiger partial charge in [-0.2, -0.15) is 0 Å². The lowest BCUT2D eigenvalue weighted by Gasteiger charge is -2.39. The molecule has 0 aromatic heterocycles. The van der Waals surface area contributed by atoms with Gasteiger partial charge in [-0.15, -0.1) is 0 Å². The van der Waals surface area contributed by atoms with Crippen LogP contribution in [0.2, 0.25) is 0 Å². The molecule has 3 nitrogen and oxygen atoms in total. The molecule has 1 aliphatic rings. The van der Waals surface area contributed by atoms with E-state index in [0.29, 0.717) is 12.0 Å². The Hall–Kier alpha value is -0.120. The molecule has 0 radical (unpaired) electrons. The Morgan fingerprint density at radius 1 is 1.25 bits per heavy atom. The Labute approximate surface area is 101 Å². The first-order valence-corrected chi connectivity index (χ1v) is 6.63. The largest absolute Gasteiger partial charge is 0.329 e. The number of hydrogen-bond acceptors (Lipinski definition) is 3. The van der Waals surface area contributed by atoms with Crippen molar-refractivity contribution >= 4 is 0 Å². The SMILES string of the molecule is CC(C)C(CN)N1CCC(CN(C)C)CC1. The minimum atomic E-state index is 0.584. The first-order valence-electron chi connectivity index (χ1n) is 6.63. The van der Waals surface area contributed by atoms with Crippen molar-refractivity contribution in [2.75, 3.05) is 40.3 Å². The van der Waals surface area contributed by atoms with Crippen LogP contribution in [0, 0.1) is 11.8 Å². The molecule has 3 heteroatoms. The van der Waals surface area contributed by atoms with Crippen molar-refractivity contribution in [3.8, 4) is 0 Å². The van der Waals surface area contributed by atoms with E-state index >= 15 is 0 Å². The third-order valence-electron chi connectivity index (χ3n) is 3.75. The summed E-state index contributed by atoms with van der Waals surface area (Å²) in [6.07, 6.45) is 2.67. The van der Waals surface area contributed by atoms with Gasteiger partial charge in [0.05, 0.1) is 0 Å². The molecule has 0 bridgehead atoms. The van der Waals surface area contributed by atoms with E-state index in [1.54, 1.807) is 0 Å². The van der Waals surface area contributed by atoms with Crippen LogP contribution >= 0.6 is 0 Å². The molecule has 0 aromatic carbocycles. The van der Waals surface area contributed by atoms with Crippen LogP contribution in [0.4, 0.5) is 0 Å². The highest BCUT2D eigenvalue weighted by Gasteiger charge is 2.25. The van der Waals surface area contributed by atoms with Crippen LogP contribution in [0.5, 0.6) is 0 Å². The van der Waals surface area contributed by atoms with Gasteiger partial charge in [-0.3, -0.25) is 4.90 Å². The van der Waals surface area contributed by atoms with E-state index in [0.717, 1.165) is 12.5 Å². The van der Waals surface area contributed by atoms with Crippen molar-refractivity contribution in [2.24, 2.45) is 17.6 Å². The first kappa shape index (κ1) is 13.9. The van der Waals surface area contributed by atoms with Crippen LogP contribution in [-0.4, -0.2) is 56.1 Å². The van der Waals surface area contributed by atoms with Gasteiger partial charge in [-0.25, -0.2) is 0 Å². The van der Waals surface area contributed by atoms with Crippen LogP contribution in [0.25, 0.3) is 0 Å². The molecule has 1 rings (SSSR count). The fourth-order valence-corrected chi connectivity index (χ4v) is 2.83. The standard InChI is InChI=1S/C13H29N3/c1-11(2)13(9-14)16-7-5-12(6-8-16)10-15(3)4/h11-13H,5-10,14H2,1-4H3. The highest BCUT2D eigenvalue weighted by molar-refractivity contribution is 4.81. The quantitative estimate of drug-likeness (QED) is 0.767.